The van der Waals surface area contributed by atoms with E-state index in [0.29, 0.717) is 12.1 Å². The average molecular weight is 294 g/mol. The third kappa shape index (κ3) is 4.53. The topological polar surface area (TPSA) is 42.3 Å². The van der Waals surface area contributed by atoms with Crippen LogP contribution < -0.4 is 5.32 Å². The van der Waals surface area contributed by atoms with Crippen LogP contribution in [0, 0.1) is 0 Å². The maximum Gasteiger partial charge on any atom is 0.0858 e. The number of nitrogens with one attached hydrogen (secondary N) is 1. The van der Waals surface area contributed by atoms with Crippen LogP contribution in [0.5, 0.6) is 0 Å². The number of nitrogens with zero attached hydrogens (tertiary/aromatic N) is 3. The number of aromatic nitrogens is 2. The SMILES string of the molecule is CCNC(Cc1ccn(C(C)CC)n1)C1CN(C)CCO1. The summed E-state index contributed by atoms with van der Waals surface area (Å²) < 4.78 is 8.05. The van der Waals surface area contributed by atoms with Crippen molar-refractivity contribution >= 4 is 0 Å². The first kappa shape index (κ1) is 16.5. The molecule has 1 aromatic rings. The van der Waals surface area contributed by atoms with Crippen LogP contribution in [0.25, 0.3) is 0 Å². The minimum Gasteiger partial charge on any atom is -0.374 e. The van der Waals surface area contributed by atoms with Crippen LogP contribution in [0.4, 0.5) is 0 Å². The molecule has 0 aromatic carbocycles. The van der Waals surface area contributed by atoms with Gasteiger partial charge in [-0.05, 0) is 33.0 Å². The molecule has 0 radical (unpaired) electrons. The standard InChI is InChI=1S/C16H30N4O/c1-5-13(3)20-8-7-14(18-20)11-15(17-6-2)16-12-19(4)9-10-21-16/h7-8,13,15-17H,5-6,9-12H2,1-4H3. The van der Waals surface area contributed by atoms with E-state index in [1.807, 2.05) is 0 Å². The first-order valence-electron chi connectivity index (χ1n) is 8.21. The second-order valence-electron chi connectivity index (χ2n) is 6.08. The van der Waals surface area contributed by atoms with Gasteiger partial charge in [0.05, 0.1) is 18.4 Å². The van der Waals surface area contributed by atoms with Crippen LogP contribution in [-0.4, -0.2) is 60.1 Å². The monoisotopic (exact) mass is 294 g/mol. The number of likely N-dealkylation sites (N-methyl/N-ethyl adjacent to an activating group) is 2. The third-order valence-corrected chi connectivity index (χ3v) is 4.35. The fourth-order valence-corrected chi connectivity index (χ4v) is 2.80. The molecule has 0 saturated carbocycles. The Balaban J connectivity index is 2.00. The minimum atomic E-state index is 0.248. The summed E-state index contributed by atoms with van der Waals surface area (Å²) in [5.41, 5.74) is 1.15. The Morgan fingerprint density at radius 3 is 2.95 bits per heavy atom. The molecule has 21 heavy (non-hydrogen) atoms. The van der Waals surface area contributed by atoms with Gasteiger partial charge in [-0.1, -0.05) is 13.8 Å². The number of hydrogen-bond donors (Lipinski definition) is 1. The summed E-state index contributed by atoms with van der Waals surface area (Å²) in [6.45, 7) is 10.3. The van der Waals surface area contributed by atoms with Gasteiger partial charge in [0.15, 0.2) is 0 Å². The number of rotatable bonds is 7. The Hall–Kier alpha value is -0.910. The number of ether oxygens (including phenoxy) is 1. The van der Waals surface area contributed by atoms with Gasteiger partial charge in [-0.2, -0.15) is 5.10 Å². The van der Waals surface area contributed by atoms with E-state index in [1.165, 1.54) is 0 Å². The molecule has 1 saturated heterocycles. The van der Waals surface area contributed by atoms with Crippen molar-refractivity contribution in [2.75, 3.05) is 33.3 Å². The zero-order valence-corrected chi connectivity index (χ0v) is 13.9. The van der Waals surface area contributed by atoms with E-state index in [-0.39, 0.29) is 6.10 Å². The molecule has 1 aliphatic rings. The van der Waals surface area contributed by atoms with E-state index < -0.39 is 0 Å². The first-order chi connectivity index (χ1) is 10.1. The second kappa shape index (κ2) is 7.92. The molecule has 2 heterocycles. The molecule has 2 rings (SSSR count). The predicted molar refractivity (Wildman–Crippen MR) is 85.6 cm³/mol. The van der Waals surface area contributed by atoms with Crippen LogP contribution in [0.1, 0.15) is 38.9 Å². The van der Waals surface area contributed by atoms with Crippen LogP contribution in [0.2, 0.25) is 0 Å². The highest BCUT2D eigenvalue weighted by atomic mass is 16.5. The fraction of sp³-hybridized carbons (Fsp3) is 0.812. The zero-order valence-electron chi connectivity index (χ0n) is 13.9. The van der Waals surface area contributed by atoms with Gasteiger partial charge < -0.3 is 15.0 Å². The van der Waals surface area contributed by atoms with E-state index in [4.69, 9.17) is 9.84 Å². The van der Waals surface area contributed by atoms with Crippen LogP contribution in [0.15, 0.2) is 12.3 Å². The predicted octanol–water partition coefficient (Wildman–Crippen LogP) is 1.71. The van der Waals surface area contributed by atoms with Crippen molar-refractivity contribution in [1.29, 1.82) is 0 Å². The highest BCUT2D eigenvalue weighted by Crippen LogP contribution is 2.14. The van der Waals surface area contributed by atoms with Crippen LogP contribution in [-0.2, 0) is 11.2 Å². The maximum absolute atomic E-state index is 5.97. The molecule has 3 unspecified atom stereocenters. The summed E-state index contributed by atoms with van der Waals surface area (Å²) in [5.74, 6) is 0. The maximum atomic E-state index is 5.97. The molecule has 1 aromatic heterocycles. The molecule has 1 aliphatic heterocycles. The Bertz CT molecular complexity index is 420. The van der Waals surface area contributed by atoms with Crippen LogP contribution in [0.3, 0.4) is 0 Å². The number of hydrogen-bond acceptors (Lipinski definition) is 4. The van der Waals surface area contributed by atoms with Crippen molar-refractivity contribution in [2.45, 2.75) is 51.8 Å². The number of morpholine rings is 1. The lowest BCUT2D eigenvalue weighted by Gasteiger charge is -2.35. The van der Waals surface area contributed by atoms with Gasteiger partial charge >= 0.3 is 0 Å². The molecule has 5 nitrogen and oxygen atoms in total. The normalized spacial score (nSPS) is 23.1. The summed E-state index contributed by atoms with van der Waals surface area (Å²) in [6.07, 6.45) is 4.38. The quantitative estimate of drug-likeness (QED) is 0.831. The molecule has 0 bridgehead atoms. The second-order valence-corrected chi connectivity index (χ2v) is 6.08. The molecule has 0 amide bonds. The molecular weight excluding hydrogens is 264 g/mol. The Labute approximate surface area is 128 Å². The van der Waals surface area contributed by atoms with E-state index >= 15 is 0 Å². The third-order valence-electron chi connectivity index (χ3n) is 4.35. The molecule has 1 N–H and O–H groups in total. The lowest BCUT2D eigenvalue weighted by atomic mass is 10.0. The zero-order chi connectivity index (χ0) is 15.2. The van der Waals surface area contributed by atoms with Crippen molar-refractivity contribution in [3.05, 3.63) is 18.0 Å². The summed E-state index contributed by atoms with van der Waals surface area (Å²) in [7, 11) is 2.16. The minimum absolute atomic E-state index is 0.248. The average Bonchev–Trinajstić information content (AvgIpc) is 2.94. The van der Waals surface area contributed by atoms with Crippen molar-refractivity contribution in [1.82, 2.24) is 20.0 Å². The van der Waals surface area contributed by atoms with E-state index in [0.717, 1.165) is 44.8 Å². The Morgan fingerprint density at radius 2 is 2.29 bits per heavy atom. The molecule has 0 aliphatic carbocycles. The molecule has 5 heteroatoms. The fourth-order valence-electron chi connectivity index (χ4n) is 2.80. The van der Waals surface area contributed by atoms with Gasteiger partial charge in [0.25, 0.3) is 0 Å². The first-order valence-corrected chi connectivity index (χ1v) is 8.21. The summed E-state index contributed by atoms with van der Waals surface area (Å²) in [5, 5.41) is 8.30. The lowest BCUT2D eigenvalue weighted by molar-refractivity contribution is -0.0383. The molecule has 3 atom stereocenters. The van der Waals surface area contributed by atoms with E-state index in [2.05, 4.69) is 55.0 Å². The summed E-state index contributed by atoms with van der Waals surface area (Å²) in [4.78, 5) is 2.34. The molecule has 120 valence electrons. The molecule has 1 fully saturated rings. The summed E-state index contributed by atoms with van der Waals surface area (Å²) in [6, 6.07) is 2.94. The van der Waals surface area contributed by atoms with Crippen molar-refractivity contribution in [2.24, 2.45) is 0 Å². The van der Waals surface area contributed by atoms with Gasteiger partial charge in [-0.15, -0.1) is 0 Å². The smallest absolute Gasteiger partial charge is 0.0858 e. The Kier molecular flexibility index (Phi) is 6.21. The van der Waals surface area contributed by atoms with E-state index in [9.17, 15) is 0 Å². The van der Waals surface area contributed by atoms with E-state index in [1.54, 1.807) is 0 Å². The summed E-state index contributed by atoms with van der Waals surface area (Å²) >= 11 is 0. The van der Waals surface area contributed by atoms with Gasteiger partial charge in [0.2, 0.25) is 0 Å². The lowest BCUT2D eigenvalue weighted by Crippen LogP contribution is -2.52. The van der Waals surface area contributed by atoms with Gasteiger partial charge in [0.1, 0.15) is 0 Å². The van der Waals surface area contributed by atoms with Crippen molar-refractivity contribution < 1.29 is 4.74 Å². The Morgan fingerprint density at radius 1 is 1.48 bits per heavy atom. The largest absolute Gasteiger partial charge is 0.374 e. The van der Waals surface area contributed by atoms with Crippen LogP contribution >= 0.6 is 0 Å². The van der Waals surface area contributed by atoms with Gasteiger partial charge in [0, 0.05) is 37.8 Å². The highest BCUT2D eigenvalue weighted by molar-refractivity contribution is 5.04. The highest BCUT2D eigenvalue weighted by Gasteiger charge is 2.27. The van der Waals surface area contributed by atoms with Gasteiger partial charge in [-0.25, -0.2) is 0 Å². The van der Waals surface area contributed by atoms with Crippen molar-refractivity contribution in [3.63, 3.8) is 0 Å². The van der Waals surface area contributed by atoms with Crippen molar-refractivity contribution in [3.8, 4) is 0 Å². The van der Waals surface area contributed by atoms with Gasteiger partial charge in [-0.3, -0.25) is 4.68 Å². The molecule has 0 spiro atoms. The molecular formula is C16H30N4O.